The van der Waals surface area contributed by atoms with Gasteiger partial charge in [-0.1, -0.05) is 0 Å². The first-order chi connectivity index (χ1) is 10.3. The quantitative estimate of drug-likeness (QED) is 0.847. The van der Waals surface area contributed by atoms with E-state index < -0.39 is 0 Å². The average molecular weight is 309 g/mol. The van der Waals surface area contributed by atoms with Crippen LogP contribution in [0.4, 0.5) is 0 Å². The first-order valence-electron chi connectivity index (χ1n) is 7.80. The molecule has 2 saturated heterocycles. The van der Waals surface area contributed by atoms with E-state index in [4.69, 9.17) is 4.74 Å². The van der Waals surface area contributed by atoms with Crippen molar-refractivity contribution in [3.8, 4) is 0 Å². The highest BCUT2D eigenvalue weighted by Crippen LogP contribution is 2.28. The molecule has 0 aliphatic carbocycles. The summed E-state index contributed by atoms with van der Waals surface area (Å²) in [6.45, 7) is 6.11. The highest BCUT2D eigenvalue weighted by atomic mass is 32.1. The predicted molar refractivity (Wildman–Crippen MR) is 82.5 cm³/mol. The van der Waals surface area contributed by atoms with Crippen molar-refractivity contribution in [1.29, 1.82) is 0 Å². The summed E-state index contributed by atoms with van der Waals surface area (Å²) in [5.41, 5.74) is 0. The largest absolute Gasteiger partial charge is 0.379 e. The van der Waals surface area contributed by atoms with E-state index >= 15 is 0 Å². The van der Waals surface area contributed by atoms with E-state index in [2.05, 4.69) is 9.88 Å². The highest BCUT2D eigenvalue weighted by molar-refractivity contribution is 7.09. The third-order valence-corrected chi connectivity index (χ3v) is 5.26. The molecule has 2 aliphatic rings. The zero-order valence-electron chi connectivity index (χ0n) is 12.4. The van der Waals surface area contributed by atoms with Gasteiger partial charge in [-0.25, -0.2) is 4.98 Å². The van der Waals surface area contributed by atoms with Crippen LogP contribution in [0.2, 0.25) is 0 Å². The number of likely N-dealkylation sites (tertiary alicyclic amines) is 1. The summed E-state index contributed by atoms with van der Waals surface area (Å²) in [5, 5.41) is 3.20. The van der Waals surface area contributed by atoms with Gasteiger partial charge in [-0.05, 0) is 12.8 Å². The second-order valence-electron chi connectivity index (χ2n) is 5.75. The van der Waals surface area contributed by atoms with E-state index in [1.165, 1.54) is 5.01 Å². The maximum Gasteiger partial charge on any atom is 0.223 e. The van der Waals surface area contributed by atoms with Crippen LogP contribution < -0.4 is 0 Å². The number of rotatable bonds is 4. The number of carbonyl (C=O) groups excluding carboxylic acids is 1. The van der Waals surface area contributed by atoms with Crippen molar-refractivity contribution in [2.45, 2.75) is 25.2 Å². The Morgan fingerprint density at radius 3 is 3.00 bits per heavy atom. The number of piperidine rings is 1. The van der Waals surface area contributed by atoms with Gasteiger partial charge < -0.3 is 9.64 Å². The lowest BCUT2D eigenvalue weighted by Crippen LogP contribution is -2.42. The van der Waals surface area contributed by atoms with E-state index in [1.807, 2.05) is 16.5 Å². The fraction of sp³-hybridized carbons (Fsp3) is 0.733. The van der Waals surface area contributed by atoms with E-state index in [1.54, 1.807) is 11.3 Å². The SMILES string of the molecule is O=C(CCN1CCOCC1)N1CCCC(c2nccs2)C1. The number of nitrogens with zero attached hydrogens (tertiary/aromatic N) is 3. The molecule has 0 aromatic carbocycles. The molecule has 1 amide bonds. The van der Waals surface area contributed by atoms with Crippen molar-refractivity contribution in [2.24, 2.45) is 0 Å². The number of aromatic nitrogens is 1. The average Bonchev–Trinajstić information content (AvgIpc) is 3.08. The fourth-order valence-corrected chi connectivity index (χ4v) is 3.85. The van der Waals surface area contributed by atoms with Gasteiger partial charge in [-0.3, -0.25) is 9.69 Å². The maximum atomic E-state index is 12.4. The summed E-state index contributed by atoms with van der Waals surface area (Å²) in [7, 11) is 0. The number of carbonyl (C=O) groups is 1. The number of amides is 1. The van der Waals surface area contributed by atoms with E-state index in [0.717, 1.165) is 58.8 Å². The monoisotopic (exact) mass is 309 g/mol. The van der Waals surface area contributed by atoms with Gasteiger partial charge in [0.1, 0.15) is 0 Å². The van der Waals surface area contributed by atoms with Crippen LogP contribution in [0.1, 0.15) is 30.2 Å². The number of hydrogen-bond acceptors (Lipinski definition) is 5. The van der Waals surface area contributed by atoms with Gasteiger partial charge in [0, 0.05) is 56.6 Å². The molecule has 5 nitrogen and oxygen atoms in total. The first kappa shape index (κ1) is 14.9. The Morgan fingerprint density at radius 2 is 2.24 bits per heavy atom. The maximum absolute atomic E-state index is 12.4. The summed E-state index contributed by atoms with van der Waals surface area (Å²) in [5.74, 6) is 0.730. The topological polar surface area (TPSA) is 45.7 Å². The molecule has 0 N–H and O–H groups in total. The third-order valence-electron chi connectivity index (χ3n) is 4.32. The third kappa shape index (κ3) is 4.02. The molecule has 0 spiro atoms. The summed E-state index contributed by atoms with van der Waals surface area (Å²) >= 11 is 1.71. The summed E-state index contributed by atoms with van der Waals surface area (Å²) < 4.78 is 5.34. The Morgan fingerprint density at radius 1 is 1.38 bits per heavy atom. The Labute approximate surface area is 129 Å². The molecule has 116 valence electrons. The van der Waals surface area contributed by atoms with Crippen molar-refractivity contribution in [3.05, 3.63) is 16.6 Å². The van der Waals surface area contributed by atoms with E-state index in [0.29, 0.717) is 18.2 Å². The van der Waals surface area contributed by atoms with Crippen molar-refractivity contribution in [2.75, 3.05) is 45.9 Å². The Kier molecular flexibility index (Phi) is 5.22. The molecule has 0 bridgehead atoms. The van der Waals surface area contributed by atoms with Crippen molar-refractivity contribution in [3.63, 3.8) is 0 Å². The second kappa shape index (κ2) is 7.33. The van der Waals surface area contributed by atoms with Crippen LogP contribution in [-0.2, 0) is 9.53 Å². The van der Waals surface area contributed by atoms with Crippen molar-refractivity contribution >= 4 is 17.2 Å². The minimum Gasteiger partial charge on any atom is -0.379 e. The zero-order chi connectivity index (χ0) is 14.5. The standard InChI is InChI=1S/C15H23N3O2S/c19-14(3-6-17-7-9-20-10-8-17)18-5-1-2-13(12-18)15-16-4-11-21-15/h4,11,13H,1-3,5-10,12H2. The summed E-state index contributed by atoms with van der Waals surface area (Å²) in [6, 6.07) is 0. The van der Waals surface area contributed by atoms with Crippen molar-refractivity contribution in [1.82, 2.24) is 14.8 Å². The fourth-order valence-electron chi connectivity index (χ4n) is 3.08. The molecular weight excluding hydrogens is 286 g/mol. The Balaban J connectivity index is 1.47. The normalized spacial score (nSPS) is 24.2. The van der Waals surface area contributed by atoms with Crippen LogP contribution in [0, 0.1) is 0 Å². The van der Waals surface area contributed by atoms with Gasteiger partial charge >= 0.3 is 0 Å². The van der Waals surface area contributed by atoms with E-state index in [9.17, 15) is 4.79 Å². The lowest BCUT2D eigenvalue weighted by Gasteiger charge is -2.33. The first-order valence-corrected chi connectivity index (χ1v) is 8.68. The van der Waals surface area contributed by atoms with Gasteiger partial charge in [-0.15, -0.1) is 11.3 Å². The molecule has 2 aliphatic heterocycles. The predicted octanol–water partition coefficient (Wildman–Crippen LogP) is 1.57. The highest BCUT2D eigenvalue weighted by Gasteiger charge is 2.26. The molecule has 1 aromatic heterocycles. The van der Waals surface area contributed by atoms with Crippen LogP contribution in [0.5, 0.6) is 0 Å². The number of morpholine rings is 1. The smallest absolute Gasteiger partial charge is 0.223 e. The molecule has 1 unspecified atom stereocenters. The van der Waals surface area contributed by atoms with Crippen LogP contribution in [0.15, 0.2) is 11.6 Å². The molecule has 6 heteroatoms. The lowest BCUT2D eigenvalue weighted by molar-refractivity contribution is -0.133. The second-order valence-corrected chi connectivity index (χ2v) is 6.68. The van der Waals surface area contributed by atoms with Crippen LogP contribution in [0.3, 0.4) is 0 Å². The summed E-state index contributed by atoms with van der Waals surface area (Å²) in [4.78, 5) is 21.2. The number of thiazole rings is 1. The zero-order valence-corrected chi connectivity index (χ0v) is 13.2. The van der Waals surface area contributed by atoms with Gasteiger partial charge in [0.15, 0.2) is 0 Å². The molecule has 1 aromatic rings. The molecule has 0 radical (unpaired) electrons. The van der Waals surface area contributed by atoms with Gasteiger partial charge in [0.05, 0.1) is 18.2 Å². The molecule has 0 saturated carbocycles. The number of hydrogen-bond donors (Lipinski definition) is 0. The molecule has 21 heavy (non-hydrogen) atoms. The molecule has 2 fully saturated rings. The van der Waals surface area contributed by atoms with Gasteiger partial charge in [-0.2, -0.15) is 0 Å². The van der Waals surface area contributed by atoms with Crippen LogP contribution >= 0.6 is 11.3 Å². The van der Waals surface area contributed by atoms with Gasteiger partial charge in [0.25, 0.3) is 0 Å². The molecule has 3 rings (SSSR count). The van der Waals surface area contributed by atoms with Gasteiger partial charge in [0.2, 0.25) is 5.91 Å². The summed E-state index contributed by atoms with van der Waals surface area (Å²) in [6.07, 6.45) is 4.73. The lowest BCUT2D eigenvalue weighted by atomic mass is 9.98. The Bertz CT molecular complexity index is 446. The van der Waals surface area contributed by atoms with E-state index in [-0.39, 0.29) is 0 Å². The molecule has 3 heterocycles. The van der Waals surface area contributed by atoms with Crippen molar-refractivity contribution < 1.29 is 9.53 Å². The molecule has 1 atom stereocenters. The van der Waals surface area contributed by atoms with Crippen LogP contribution in [0.25, 0.3) is 0 Å². The minimum absolute atomic E-state index is 0.294. The number of ether oxygens (including phenoxy) is 1. The minimum atomic E-state index is 0.294. The molecular formula is C15H23N3O2S. The van der Waals surface area contributed by atoms with Crippen LogP contribution in [-0.4, -0.2) is 66.6 Å². The Hall–Kier alpha value is -0.980.